The van der Waals surface area contributed by atoms with E-state index in [4.69, 9.17) is 9.52 Å². The molecule has 0 bridgehead atoms. The zero-order valence-corrected chi connectivity index (χ0v) is 8.98. The van der Waals surface area contributed by atoms with E-state index in [1.165, 1.54) is 12.3 Å². The molecular weight excluding hydrogens is 239 g/mol. The van der Waals surface area contributed by atoms with Crippen LogP contribution in [0.4, 0.5) is 4.39 Å². The Labute approximate surface area is 99.9 Å². The van der Waals surface area contributed by atoms with Gasteiger partial charge in [-0.25, -0.2) is 14.2 Å². The number of imidazole rings is 1. The molecule has 0 aliphatic carbocycles. The SMILES string of the molecule is O=C(O)c1cc2nc(-c3ccco3)[nH]c2cc1F. The topological polar surface area (TPSA) is 79.1 Å². The van der Waals surface area contributed by atoms with Gasteiger partial charge in [-0.05, 0) is 18.2 Å². The van der Waals surface area contributed by atoms with Crippen LogP contribution in [-0.4, -0.2) is 21.0 Å². The number of furan rings is 1. The van der Waals surface area contributed by atoms with E-state index in [1.807, 2.05) is 0 Å². The molecule has 3 rings (SSSR count). The van der Waals surface area contributed by atoms with Crippen LogP contribution in [0.15, 0.2) is 34.9 Å². The second-order valence-corrected chi connectivity index (χ2v) is 3.72. The Balaban J connectivity index is 2.21. The summed E-state index contributed by atoms with van der Waals surface area (Å²) in [6.07, 6.45) is 1.49. The molecule has 0 saturated heterocycles. The van der Waals surface area contributed by atoms with Gasteiger partial charge in [-0.3, -0.25) is 0 Å². The highest BCUT2D eigenvalue weighted by Crippen LogP contribution is 2.23. The third kappa shape index (κ3) is 1.55. The van der Waals surface area contributed by atoms with E-state index < -0.39 is 17.3 Å². The summed E-state index contributed by atoms with van der Waals surface area (Å²) in [4.78, 5) is 17.8. The van der Waals surface area contributed by atoms with Gasteiger partial charge < -0.3 is 14.5 Å². The molecule has 0 spiro atoms. The van der Waals surface area contributed by atoms with E-state index in [0.29, 0.717) is 22.6 Å². The van der Waals surface area contributed by atoms with E-state index in [2.05, 4.69) is 9.97 Å². The highest BCUT2D eigenvalue weighted by atomic mass is 19.1. The zero-order chi connectivity index (χ0) is 12.7. The van der Waals surface area contributed by atoms with Crippen LogP contribution in [0.1, 0.15) is 10.4 Å². The number of hydrogen-bond acceptors (Lipinski definition) is 3. The van der Waals surface area contributed by atoms with Crippen LogP contribution < -0.4 is 0 Å². The number of aromatic nitrogens is 2. The zero-order valence-electron chi connectivity index (χ0n) is 8.98. The Hall–Kier alpha value is -2.63. The number of nitrogens with one attached hydrogen (secondary N) is 1. The lowest BCUT2D eigenvalue weighted by atomic mass is 10.2. The predicted molar refractivity (Wildman–Crippen MR) is 60.7 cm³/mol. The van der Waals surface area contributed by atoms with Crippen molar-refractivity contribution in [2.75, 3.05) is 0 Å². The van der Waals surface area contributed by atoms with Crippen molar-refractivity contribution in [1.29, 1.82) is 0 Å². The number of carboxylic acids is 1. The molecule has 3 aromatic rings. The van der Waals surface area contributed by atoms with Gasteiger partial charge in [0, 0.05) is 6.07 Å². The Kier molecular flexibility index (Phi) is 2.16. The largest absolute Gasteiger partial charge is 0.478 e. The van der Waals surface area contributed by atoms with Crippen molar-refractivity contribution in [3.63, 3.8) is 0 Å². The fourth-order valence-corrected chi connectivity index (χ4v) is 1.72. The molecule has 90 valence electrons. The Bertz CT molecular complexity index is 731. The monoisotopic (exact) mass is 246 g/mol. The predicted octanol–water partition coefficient (Wildman–Crippen LogP) is 2.66. The number of carbonyl (C=O) groups is 1. The summed E-state index contributed by atoms with van der Waals surface area (Å²) < 4.78 is 18.6. The van der Waals surface area contributed by atoms with Crippen LogP contribution in [-0.2, 0) is 0 Å². The molecule has 6 heteroatoms. The van der Waals surface area contributed by atoms with E-state index in [0.717, 1.165) is 6.07 Å². The Morgan fingerprint density at radius 3 is 2.94 bits per heavy atom. The first-order valence-corrected chi connectivity index (χ1v) is 5.11. The van der Waals surface area contributed by atoms with Gasteiger partial charge in [-0.1, -0.05) is 0 Å². The number of halogens is 1. The lowest BCUT2D eigenvalue weighted by Gasteiger charge is -1.95. The number of rotatable bonds is 2. The van der Waals surface area contributed by atoms with Crippen molar-refractivity contribution in [2.45, 2.75) is 0 Å². The van der Waals surface area contributed by atoms with Gasteiger partial charge in [0.15, 0.2) is 11.6 Å². The second-order valence-electron chi connectivity index (χ2n) is 3.72. The fourth-order valence-electron chi connectivity index (χ4n) is 1.72. The molecule has 1 aromatic carbocycles. The molecular formula is C12H7FN2O3. The van der Waals surface area contributed by atoms with Crippen molar-refractivity contribution in [3.05, 3.63) is 41.9 Å². The normalized spacial score (nSPS) is 10.9. The van der Waals surface area contributed by atoms with Crippen LogP contribution in [0.25, 0.3) is 22.6 Å². The number of nitrogens with zero attached hydrogens (tertiary/aromatic N) is 1. The highest BCUT2D eigenvalue weighted by Gasteiger charge is 2.15. The first kappa shape index (κ1) is 10.5. The van der Waals surface area contributed by atoms with Gasteiger partial charge >= 0.3 is 5.97 Å². The molecule has 0 saturated carbocycles. The maximum absolute atomic E-state index is 13.5. The molecule has 5 nitrogen and oxygen atoms in total. The standard InChI is InChI=1S/C12H7FN2O3/c13-7-5-9-8(4-6(7)12(16)17)14-11(15-9)10-2-1-3-18-10/h1-5H,(H,14,15)(H,16,17). The smallest absolute Gasteiger partial charge is 0.338 e. The van der Waals surface area contributed by atoms with Gasteiger partial charge in [0.1, 0.15) is 5.82 Å². The van der Waals surface area contributed by atoms with Crippen LogP contribution in [0, 0.1) is 5.82 Å². The molecule has 0 aliphatic heterocycles. The summed E-state index contributed by atoms with van der Waals surface area (Å²) in [6, 6.07) is 5.70. The van der Waals surface area contributed by atoms with E-state index in [1.54, 1.807) is 12.1 Å². The minimum atomic E-state index is -1.32. The van der Waals surface area contributed by atoms with Crippen molar-refractivity contribution in [1.82, 2.24) is 9.97 Å². The van der Waals surface area contributed by atoms with Crippen LogP contribution in [0.2, 0.25) is 0 Å². The number of hydrogen-bond donors (Lipinski definition) is 2. The van der Waals surface area contributed by atoms with Crippen molar-refractivity contribution in [3.8, 4) is 11.6 Å². The van der Waals surface area contributed by atoms with Crippen molar-refractivity contribution >= 4 is 17.0 Å². The maximum atomic E-state index is 13.5. The molecule has 18 heavy (non-hydrogen) atoms. The number of aromatic carboxylic acids is 1. The third-order valence-corrected chi connectivity index (χ3v) is 2.56. The molecule has 0 unspecified atom stereocenters. The minimum Gasteiger partial charge on any atom is -0.478 e. The third-order valence-electron chi connectivity index (χ3n) is 2.56. The van der Waals surface area contributed by atoms with Crippen molar-refractivity contribution < 1.29 is 18.7 Å². The number of aromatic amines is 1. The molecule has 0 amide bonds. The van der Waals surface area contributed by atoms with E-state index in [9.17, 15) is 9.18 Å². The quantitative estimate of drug-likeness (QED) is 0.728. The average Bonchev–Trinajstić information content (AvgIpc) is 2.95. The number of carboxylic acid groups (broad SMARTS) is 1. The number of H-pyrrole nitrogens is 1. The Morgan fingerprint density at radius 2 is 2.28 bits per heavy atom. The molecule has 0 fully saturated rings. The molecule has 0 radical (unpaired) electrons. The van der Waals surface area contributed by atoms with E-state index in [-0.39, 0.29) is 0 Å². The molecule has 2 heterocycles. The number of benzene rings is 1. The first-order valence-electron chi connectivity index (χ1n) is 5.11. The van der Waals surface area contributed by atoms with Gasteiger partial charge in [0.2, 0.25) is 0 Å². The van der Waals surface area contributed by atoms with Crippen LogP contribution in [0.3, 0.4) is 0 Å². The van der Waals surface area contributed by atoms with Gasteiger partial charge in [0.05, 0.1) is 22.9 Å². The summed E-state index contributed by atoms with van der Waals surface area (Å²) in [5, 5.41) is 8.82. The van der Waals surface area contributed by atoms with Gasteiger partial charge in [0.25, 0.3) is 0 Å². The van der Waals surface area contributed by atoms with Crippen LogP contribution >= 0.6 is 0 Å². The fraction of sp³-hybridized carbons (Fsp3) is 0. The lowest BCUT2D eigenvalue weighted by Crippen LogP contribution is -1.99. The van der Waals surface area contributed by atoms with Gasteiger partial charge in [-0.2, -0.15) is 0 Å². The Morgan fingerprint density at radius 1 is 1.44 bits per heavy atom. The highest BCUT2D eigenvalue weighted by molar-refractivity contribution is 5.93. The second kappa shape index (κ2) is 3.69. The summed E-state index contributed by atoms with van der Waals surface area (Å²) in [7, 11) is 0. The minimum absolute atomic E-state index is 0.375. The molecule has 0 aliphatic rings. The summed E-state index contributed by atoms with van der Waals surface area (Å²) in [5.74, 6) is -1.19. The van der Waals surface area contributed by atoms with E-state index >= 15 is 0 Å². The van der Waals surface area contributed by atoms with Gasteiger partial charge in [-0.15, -0.1) is 0 Å². The molecule has 2 aromatic heterocycles. The average molecular weight is 246 g/mol. The first-order chi connectivity index (χ1) is 8.65. The summed E-state index contributed by atoms with van der Waals surface area (Å²) >= 11 is 0. The summed E-state index contributed by atoms with van der Waals surface area (Å²) in [5.41, 5.74) is 0.393. The lowest BCUT2D eigenvalue weighted by molar-refractivity contribution is 0.0692. The van der Waals surface area contributed by atoms with Crippen LogP contribution in [0.5, 0.6) is 0 Å². The number of fused-ring (bicyclic) bond motifs is 1. The van der Waals surface area contributed by atoms with Crippen molar-refractivity contribution in [2.24, 2.45) is 0 Å². The summed E-state index contributed by atoms with van der Waals surface area (Å²) in [6.45, 7) is 0. The molecule has 0 atom stereocenters. The maximum Gasteiger partial charge on any atom is 0.338 e. The molecule has 2 N–H and O–H groups in total.